The van der Waals surface area contributed by atoms with E-state index in [1.807, 2.05) is 0 Å². The van der Waals surface area contributed by atoms with Crippen molar-refractivity contribution in [3.8, 4) is 5.69 Å². The number of para-hydroxylation sites is 4. The molecule has 0 N–H and O–H groups in total. The first-order valence-corrected chi connectivity index (χ1v) is 17.8. The second-order valence-corrected chi connectivity index (χ2v) is 13.5. The van der Waals surface area contributed by atoms with Crippen molar-refractivity contribution >= 4 is 65.4 Å². The highest BCUT2D eigenvalue weighted by Crippen LogP contribution is 2.40. The number of aryl methyl sites for hydroxylation is 2. The van der Waals surface area contributed by atoms with Gasteiger partial charge in [0.25, 0.3) is 0 Å². The Morgan fingerprint density at radius 3 is 1.16 bits per heavy atom. The van der Waals surface area contributed by atoms with Crippen LogP contribution in [0.15, 0.2) is 158 Å². The van der Waals surface area contributed by atoms with Gasteiger partial charge < -0.3 is 13.7 Å². The van der Waals surface area contributed by atoms with Crippen LogP contribution in [-0.4, -0.2) is 13.7 Å². The summed E-state index contributed by atoms with van der Waals surface area (Å²) in [5, 5.41) is 7.82. The second-order valence-electron chi connectivity index (χ2n) is 13.5. The van der Waals surface area contributed by atoms with Crippen molar-refractivity contribution in [2.45, 2.75) is 32.9 Å². The lowest BCUT2D eigenvalue weighted by atomic mass is 9.84. The SMILES string of the molecule is CCn1c2ccccc2c2cc(C(c3ccc(-n4c5ccccc5c5ccccc54)cc3)c3ccc4c(c3)c3ccccc3n4CC)ccc21. The van der Waals surface area contributed by atoms with E-state index in [1.165, 1.54) is 87.8 Å². The summed E-state index contributed by atoms with van der Waals surface area (Å²) in [5.41, 5.74) is 12.7. The molecule has 0 unspecified atom stereocenters. The third-order valence-corrected chi connectivity index (χ3v) is 11.0. The molecule has 0 aliphatic heterocycles. The van der Waals surface area contributed by atoms with Crippen LogP contribution in [0.4, 0.5) is 0 Å². The first-order valence-electron chi connectivity index (χ1n) is 17.8. The Morgan fingerprint density at radius 1 is 0.360 bits per heavy atom. The number of fused-ring (bicyclic) bond motifs is 9. The van der Waals surface area contributed by atoms with Crippen LogP contribution < -0.4 is 0 Å². The van der Waals surface area contributed by atoms with Gasteiger partial charge in [0.05, 0.1) is 11.0 Å². The topological polar surface area (TPSA) is 14.8 Å². The van der Waals surface area contributed by atoms with Crippen molar-refractivity contribution in [2.24, 2.45) is 0 Å². The predicted molar refractivity (Wildman–Crippen MR) is 212 cm³/mol. The van der Waals surface area contributed by atoms with Crippen molar-refractivity contribution in [1.82, 2.24) is 13.7 Å². The number of benzene rings is 7. The molecule has 0 bridgehead atoms. The molecule has 0 saturated heterocycles. The Bertz CT molecular complexity index is 2720. The maximum absolute atomic E-state index is 2.45. The zero-order chi connectivity index (χ0) is 33.3. The number of hydrogen-bond acceptors (Lipinski definition) is 0. The molecule has 240 valence electrons. The molecule has 3 heteroatoms. The van der Waals surface area contributed by atoms with Crippen LogP contribution in [0.2, 0.25) is 0 Å². The normalized spacial score (nSPS) is 12.1. The summed E-state index contributed by atoms with van der Waals surface area (Å²) in [6, 6.07) is 58.8. The smallest absolute Gasteiger partial charge is 0.0541 e. The van der Waals surface area contributed by atoms with Crippen LogP contribution in [0.5, 0.6) is 0 Å². The van der Waals surface area contributed by atoms with Crippen molar-refractivity contribution in [3.05, 3.63) is 174 Å². The minimum absolute atomic E-state index is 0.0588. The first-order chi connectivity index (χ1) is 24.7. The molecule has 0 spiro atoms. The van der Waals surface area contributed by atoms with Crippen molar-refractivity contribution in [3.63, 3.8) is 0 Å². The van der Waals surface area contributed by atoms with Crippen LogP contribution in [0.25, 0.3) is 71.1 Å². The second kappa shape index (κ2) is 11.2. The van der Waals surface area contributed by atoms with E-state index in [2.05, 4.69) is 185 Å². The third-order valence-electron chi connectivity index (χ3n) is 11.0. The Hall–Kier alpha value is -6.06. The first kappa shape index (κ1) is 28.9. The molecule has 0 amide bonds. The maximum Gasteiger partial charge on any atom is 0.0541 e. The van der Waals surface area contributed by atoms with Crippen LogP contribution >= 0.6 is 0 Å². The lowest BCUT2D eigenvalue weighted by Gasteiger charge is -2.21. The summed E-state index contributed by atoms with van der Waals surface area (Å²) in [7, 11) is 0. The van der Waals surface area contributed by atoms with E-state index in [0.717, 1.165) is 13.1 Å². The van der Waals surface area contributed by atoms with Crippen molar-refractivity contribution < 1.29 is 0 Å². The third kappa shape index (κ3) is 4.16. The number of aromatic nitrogens is 3. The van der Waals surface area contributed by atoms with Gasteiger partial charge in [0.2, 0.25) is 0 Å². The van der Waals surface area contributed by atoms with E-state index in [4.69, 9.17) is 0 Å². The highest BCUT2D eigenvalue weighted by molar-refractivity contribution is 6.10. The zero-order valence-electron chi connectivity index (χ0n) is 28.3. The van der Waals surface area contributed by atoms with Gasteiger partial charge in [-0.2, -0.15) is 0 Å². The van der Waals surface area contributed by atoms with Gasteiger partial charge in [-0.05, 0) is 91.2 Å². The monoisotopic (exact) mass is 643 g/mol. The minimum Gasteiger partial charge on any atom is -0.341 e. The Kier molecular flexibility index (Phi) is 6.50. The highest BCUT2D eigenvalue weighted by atomic mass is 15.0. The molecule has 0 atom stereocenters. The molecule has 0 aliphatic rings. The fourth-order valence-corrected chi connectivity index (χ4v) is 8.78. The molecule has 50 heavy (non-hydrogen) atoms. The standard InChI is InChI=1S/C47H37N3/c1-3-48-41-17-9-5-15-37(41)39-29-32(23-27-43(39)48)47(33-24-28-44-40(30-33)38-16-6-10-18-42(38)49(44)4-2)31-21-25-34(26-22-31)50-45-19-11-7-13-35(45)36-14-8-12-20-46(36)50/h5-30,47H,3-4H2,1-2H3. The number of nitrogens with zero attached hydrogens (tertiary/aromatic N) is 3. The molecule has 10 aromatic rings. The molecule has 0 aliphatic carbocycles. The van der Waals surface area contributed by atoms with E-state index in [9.17, 15) is 0 Å². The quantitative estimate of drug-likeness (QED) is 0.160. The molecular formula is C47H37N3. The predicted octanol–water partition coefficient (Wildman–Crippen LogP) is 12.2. The van der Waals surface area contributed by atoms with E-state index in [1.54, 1.807) is 0 Å². The Morgan fingerprint density at radius 2 is 0.720 bits per heavy atom. The molecule has 10 rings (SSSR count). The van der Waals surface area contributed by atoms with Gasteiger partial charge >= 0.3 is 0 Å². The number of hydrogen-bond donors (Lipinski definition) is 0. The fraction of sp³-hybridized carbons (Fsp3) is 0.106. The lowest BCUT2D eigenvalue weighted by Crippen LogP contribution is -2.05. The van der Waals surface area contributed by atoms with Crippen LogP contribution in [0.1, 0.15) is 36.5 Å². The summed E-state index contributed by atoms with van der Waals surface area (Å²) in [5.74, 6) is 0.0588. The summed E-state index contributed by atoms with van der Waals surface area (Å²) >= 11 is 0. The van der Waals surface area contributed by atoms with Gasteiger partial charge in [-0.3, -0.25) is 0 Å². The summed E-state index contributed by atoms with van der Waals surface area (Å²) in [4.78, 5) is 0. The van der Waals surface area contributed by atoms with E-state index >= 15 is 0 Å². The van der Waals surface area contributed by atoms with Gasteiger partial charge in [0, 0.05) is 79.1 Å². The van der Waals surface area contributed by atoms with E-state index < -0.39 is 0 Å². The van der Waals surface area contributed by atoms with Gasteiger partial charge in [0.1, 0.15) is 0 Å². The van der Waals surface area contributed by atoms with Crippen molar-refractivity contribution in [2.75, 3.05) is 0 Å². The van der Waals surface area contributed by atoms with Gasteiger partial charge in [0.15, 0.2) is 0 Å². The zero-order valence-corrected chi connectivity index (χ0v) is 28.3. The van der Waals surface area contributed by atoms with Crippen LogP contribution in [-0.2, 0) is 13.1 Å². The maximum atomic E-state index is 2.45. The van der Waals surface area contributed by atoms with Crippen LogP contribution in [0, 0.1) is 0 Å². The number of rotatable bonds is 6. The van der Waals surface area contributed by atoms with Crippen LogP contribution in [0.3, 0.4) is 0 Å². The van der Waals surface area contributed by atoms with Crippen molar-refractivity contribution in [1.29, 1.82) is 0 Å². The molecular weight excluding hydrogens is 607 g/mol. The minimum atomic E-state index is 0.0588. The van der Waals surface area contributed by atoms with E-state index in [0.29, 0.717) is 0 Å². The Balaban J connectivity index is 1.19. The average molecular weight is 644 g/mol. The molecule has 0 radical (unpaired) electrons. The largest absolute Gasteiger partial charge is 0.341 e. The molecule has 3 nitrogen and oxygen atoms in total. The molecule has 3 heterocycles. The fourth-order valence-electron chi connectivity index (χ4n) is 8.78. The molecule has 0 saturated carbocycles. The molecule has 3 aromatic heterocycles. The summed E-state index contributed by atoms with van der Waals surface area (Å²) in [6.45, 7) is 6.36. The van der Waals surface area contributed by atoms with Gasteiger partial charge in [-0.25, -0.2) is 0 Å². The highest BCUT2D eigenvalue weighted by Gasteiger charge is 2.22. The average Bonchev–Trinajstić information content (AvgIpc) is 3.80. The summed E-state index contributed by atoms with van der Waals surface area (Å²) < 4.78 is 7.28. The summed E-state index contributed by atoms with van der Waals surface area (Å²) in [6.07, 6.45) is 0. The molecule has 7 aromatic carbocycles. The van der Waals surface area contributed by atoms with Gasteiger partial charge in [-0.1, -0.05) is 97.1 Å². The van der Waals surface area contributed by atoms with Gasteiger partial charge in [-0.15, -0.1) is 0 Å². The lowest BCUT2D eigenvalue weighted by molar-refractivity contribution is 0.826. The van der Waals surface area contributed by atoms with E-state index in [-0.39, 0.29) is 5.92 Å². The molecule has 0 fully saturated rings. The Labute approximate surface area is 291 Å².